The Hall–Kier alpha value is -2.10. The van der Waals surface area contributed by atoms with Crippen molar-refractivity contribution >= 4 is 18.0 Å². The van der Waals surface area contributed by atoms with Crippen LogP contribution in [0, 0.1) is 12.8 Å². The Morgan fingerprint density at radius 1 is 1.36 bits per heavy atom. The largest absolute Gasteiger partial charge is 0.466 e. The molecule has 0 saturated carbocycles. The molecule has 0 radical (unpaired) electrons. The van der Waals surface area contributed by atoms with E-state index < -0.39 is 0 Å². The molecule has 1 fully saturated rings. The van der Waals surface area contributed by atoms with E-state index in [1.165, 1.54) is 0 Å². The molecule has 1 atom stereocenters. The standard InChI is InChI=1S/C18H23NO3/c1-3-22-18(21)16-9-6-12-19(13-16)17(20)11-10-15-8-5-4-7-14(15)2/h4-5,7-8,10-11,16H,3,6,9,12-13H2,1-2H3. The first kappa shape index (κ1) is 16.3. The lowest BCUT2D eigenvalue weighted by molar-refractivity contribution is -0.150. The molecule has 0 aromatic heterocycles. The van der Waals surface area contributed by atoms with Gasteiger partial charge in [0.25, 0.3) is 0 Å². The van der Waals surface area contributed by atoms with Gasteiger partial charge < -0.3 is 9.64 Å². The van der Waals surface area contributed by atoms with Crippen LogP contribution < -0.4 is 0 Å². The van der Waals surface area contributed by atoms with E-state index in [9.17, 15) is 9.59 Å². The lowest BCUT2D eigenvalue weighted by Gasteiger charge is -2.30. The summed E-state index contributed by atoms with van der Waals surface area (Å²) in [6.45, 7) is 5.36. The van der Waals surface area contributed by atoms with Crippen LogP contribution in [0.1, 0.15) is 30.9 Å². The number of benzene rings is 1. The highest BCUT2D eigenvalue weighted by Crippen LogP contribution is 2.18. The molecule has 1 unspecified atom stereocenters. The highest BCUT2D eigenvalue weighted by molar-refractivity contribution is 5.92. The van der Waals surface area contributed by atoms with Gasteiger partial charge in [-0.05, 0) is 43.9 Å². The molecule has 0 bridgehead atoms. The van der Waals surface area contributed by atoms with E-state index >= 15 is 0 Å². The summed E-state index contributed by atoms with van der Waals surface area (Å²) in [5.41, 5.74) is 2.17. The van der Waals surface area contributed by atoms with Crippen molar-refractivity contribution in [2.45, 2.75) is 26.7 Å². The Labute approximate surface area is 131 Å². The molecule has 1 aromatic carbocycles. The molecular weight excluding hydrogens is 278 g/mol. The van der Waals surface area contributed by atoms with Gasteiger partial charge in [0.1, 0.15) is 0 Å². The summed E-state index contributed by atoms with van der Waals surface area (Å²) < 4.78 is 5.06. The quantitative estimate of drug-likeness (QED) is 0.634. The summed E-state index contributed by atoms with van der Waals surface area (Å²) in [5, 5.41) is 0. The Balaban J connectivity index is 1.97. The number of carbonyl (C=O) groups excluding carboxylic acids is 2. The fourth-order valence-corrected chi connectivity index (χ4v) is 2.67. The van der Waals surface area contributed by atoms with Crippen LogP contribution in [0.15, 0.2) is 30.3 Å². The van der Waals surface area contributed by atoms with Crippen molar-refractivity contribution in [1.29, 1.82) is 0 Å². The predicted molar refractivity (Wildman–Crippen MR) is 86.2 cm³/mol. The topological polar surface area (TPSA) is 46.6 Å². The van der Waals surface area contributed by atoms with Gasteiger partial charge in [-0.15, -0.1) is 0 Å². The van der Waals surface area contributed by atoms with Gasteiger partial charge in [-0.25, -0.2) is 0 Å². The molecule has 2 rings (SSSR count). The number of amides is 1. The molecular formula is C18H23NO3. The SMILES string of the molecule is CCOC(=O)C1CCCN(C(=O)C=Cc2ccccc2C)C1. The summed E-state index contributed by atoms with van der Waals surface area (Å²) in [7, 11) is 0. The van der Waals surface area contributed by atoms with E-state index in [1.54, 1.807) is 17.9 Å². The van der Waals surface area contributed by atoms with Crippen molar-refractivity contribution in [3.05, 3.63) is 41.5 Å². The minimum absolute atomic E-state index is 0.0442. The fraction of sp³-hybridized carbons (Fsp3) is 0.444. The summed E-state index contributed by atoms with van der Waals surface area (Å²) in [4.78, 5) is 25.8. The average molecular weight is 301 g/mol. The number of esters is 1. The van der Waals surface area contributed by atoms with Crippen molar-refractivity contribution in [2.24, 2.45) is 5.92 Å². The number of hydrogen-bond acceptors (Lipinski definition) is 3. The van der Waals surface area contributed by atoms with E-state index in [0.717, 1.165) is 24.0 Å². The summed E-state index contributed by atoms with van der Waals surface area (Å²) in [6, 6.07) is 7.93. The molecule has 0 spiro atoms. The van der Waals surface area contributed by atoms with E-state index in [4.69, 9.17) is 4.74 Å². The van der Waals surface area contributed by atoms with Gasteiger partial charge in [0, 0.05) is 19.2 Å². The number of ether oxygens (including phenoxy) is 1. The van der Waals surface area contributed by atoms with Crippen LogP contribution in [0.2, 0.25) is 0 Å². The van der Waals surface area contributed by atoms with Crippen LogP contribution in [-0.4, -0.2) is 36.5 Å². The maximum atomic E-state index is 12.3. The third-order valence-electron chi connectivity index (χ3n) is 3.95. The molecule has 118 valence electrons. The van der Waals surface area contributed by atoms with Gasteiger partial charge >= 0.3 is 5.97 Å². The lowest BCUT2D eigenvalue weighted by Crippen LogP contribution is -2.42. The Bertz CT molecular complexity index is 565. The van der Waals surface area contributed by atoms with Gasteiger partial charge in [0.15, 0.2) is 0 Å². The van der Waals surface area contributed by atoms with Crippen LogP contribution in [0.5, 0.6) is 0 Å². The van der Waals surface area contributed by atoms with Crippen LogP contribution in [0.4, 0.5) is 0 Å². The number of likely N-dealkylation sites (tertiary alicyclic amines) is 1. The Kier molecular flexibility index (Phi) is 5.75. The van der Waals surface area contributed by atoms with Gasteiger partial charge in [0.2, 0.25) is 5.91 Å². The third kappa shape index (κ3) is 4.20. The van der Waals surface area contributed by atoms with Crippen LogP contribution in [0.25, 0.3) is 6.08 Å². The van der Waals surface area contributed by atoms with E-state index in [1.807, 2.05) is 37.3 Å². The normalized spacial score (nSPS) is 18.5. The zero-order chi connectivity index (χ0) is 15.9. The zero-order valence-corrected chi connectivity index (χ0v) is 13.2. The Morgan fingerprint density at radius 2 is 2.14 bits per heavy atom. The molecule has 4 heteroatoms. The minimum Gasteiger partial charge on any atom is -0.466 e. The fourth-order valence-electron chi connectivity index (χ4n) is 2.67. The first-order valence-corrected chi connectivity index (χ1v) is 7.81. The van der Waals surface area contributed by atoms with Crippen molar-refractivity contribution in [3.63, 3.8) is 0 Å². The molecule has 0 aliphatic carbocycles. The second kappa shape index (κ2) is 7.78. The highest BCUT2D eigenvalue weighted by atomic mass is 16.5. The molecule has 1 aliphatic heterocycles. The Morgan fingerprint density at radius 3 is 2.86 bits per heavy atom. The second-order valence-corrected chi connectivity index (χ2v) is 5.57. The molecule has 0 N–H and O–H groups in total. The van der Waals surface area contributed by atoms with E-state index in [0.29, 0.717) is 19.7 Å². The monoisotopic (exact) mass is 301 g/mol. The second-order valence-electron chi connectivity index (χ2n) is 5.57. The van der Waals surface area contributed by atoms with Gasteiger partial charge in [-0.3, -0.25) is 9.59 Å². The van der Waals surface area contributed by atoms with E-state index in [-0.39, 0.29) is 17.8 Å². The highest BCUT2D eigenvalue weighted by Gasteiger charge is 2.28. The molecule has 1 amide bonds. The van der Waals surface area contributed by atoms with Gasteiger partial charge in [-0.2, -0.15) is 0 Å². The van der Waals surface area contributed by atoms with Crippen molar-refractivity contribution in [1.82, 2.24) is 4.90 Å². The number of hydrogen-bond donors (Lipinski definition) is 0. The number of piperidine rings is 1. The zero-order valence-electron chi connectivity index (χ0n) is 13.2. The third-order valence-corrected chi connectivity index (χ3v) is 3.95. The molecule has 1 aliphatic rings. The summed E-state index contributed by atoms with van der Waals surface area (Å²) in [6.07, 6.45) is 5.07. The molecule has 22 heavy (non-hydrogen) atoms. The summed E-state index contributed by atoms with van der Waals surface area (Å²) in [5.74, 6) is -0.426. The minimum atomic E-state index is -0.192. The summed E-state index contributed by atoms with van der Waals surface area (Å²) >= 11 is 0. The first-order chi connectivity index (χ1) is 10.6. The maximum Gasteiger partial charge on any atom is 0.310 e. The van der Waals surface area contributed by atoms with E-state index in [2.05, 4.69) is 0 Å². The van der Waals surface area contributed by atoms with Crippen LogP contribution >= 0.6 is 0 Å². The molecule has 1 aromatic rings. The van der Waals surface area contributed by atoms with Crippen molar-refractivity contribution in [2.75, 3.05) is 19.7 Å². The average Bonchev–Trinajstić information content (AvgIpc) is 2.54. The smallest absolute Gasteiger partial charge is 0.310 e. The lowest BCUT2D eigenvalue weighted by atomic mass is 9.98. The number of carbonyl (C=O) groups is 2. The first-order valence-electron chi connectivity index (χ1n) is 7.81. The van der Waals surface area contributed by atoms with Gasteiger partial charge in [0.05, 0.1) is 12.5 Å². The van der Waals surface area contributed by atoms with Crippen molar-refractivity contribution in [3.8, 4) is 0 Å². The molecule has 4 nitrogen and oxygen atoms in total. The van der Waals surface area contributed by atoms with Gasteiger partial charge in [-0.1, -0.05) is 24.3 Å². The number of aryl methyl sites for hydroxylation is 1. The van der Waals surface area contributed by atoms with Crippen LogP contribution in [-0.2, 0) is 14.3 Å². The van der Waals surface area contributed by atoms with Crippen LogP contribution in [0.3, 0.4) is 0 Å². The number of nitrogens with zero attached hydrogens (tertiary/aromatic N) is 1. The maximum absolute atomic E-state index is 12.3. The van der Waals surface area contributed by atoms with Crippen molar-refractivity contribution < 1.29 is 14.3 Å². The molecule has 1 heterocycles. The predicted octanol–water partition coefficient (Wildman–Crippen LogP) is 2.81. The number of rotatable bonds is 4. The molecule has 1 saturated heterocycles.